The summed E-state index contributed by atoms with van der Waals surface area (Å²) in [6.07, 6.45) is 1.51. The molecule has 0 aliphatic rings. The van der Waals surface area contributed by atoms with Gasteiger partial charge < -0.3 is 5.32 Å². The largest absolute Gasteiger partial charge is 0.341 e. The van der Waals surface area contributed by atoms with Gasteiger partial charge in [-0.05, 0) is 25.0 Å². The zero-order chi connectivity index (χ0) is 18.7. The lowest BCUT2D eigenvalue weighted by atomic mass is 10.1. The summed E-state index contributed by atoms with van der Waals surface area (Å²) in [5, 5.41) is 5.86. The molecule has 26 heavy (non-hydrogen) atoms. The lowest BCUT2D eigenvalue weighted by molar-refractivity contribution is -0.119. The number of fused-ring (bicyclic) bond motifs is 1. The van der Waals surface area contributed by atoms with Gasteiger partial charge in [-0.25, -0.2) is 14.8 Å². The first-order chi connectivity index (χ1) is 12.5. The van der Waals surface area contributed by atoms with Crippen LogP contribution >= 0.6 is 23.1 Å². The standard InChI is InChI=1S/C18H18N4O2S2/c1-10-11(2)25-16-13(10)17(21-9-20-16)26-14(12-7-5-4-6-8-12)15(23)22-18(24)19-3/h4-9,14H,1-3H3,(H2,19,22,23,24). The molecule has 3 amide bonds. The van der Waals surface area contributed by atoms with Crippen LogP contribution < -0.4 is 10.6 Å². The average Bonchev–Trinajstić information content (AvgIpc) is 2.95. The minimum atomic E-state index is -0.605. The van der Waals surface area contributed by atoms with Gasteiger partial charge in [-0.1, -0.05) is 42.1 Å². The second-order valence-electron chi connectivity index (χ2n) is 5.62. The highest BCUT2D eigenvalue weighted by atomic mass is 32.2. The predicted octanol–water partition coefficient (Wildman–Crippen LogP) is 3.60. The molecule has 0 aliphatic heterocycles. The Kier molecular flexibility index (Phi) is 5.53. The van der Waals surface area contributed by atoms with Crippen LogP contribution in [-0.2, 0) is 4.79 Å². The molecule has 0 radical (unpaired) electrons. The number of amides is 3. The summed E-state index contributed by atoms with van der Waals surface area (Å²) in [6.45, 7) is 4.08. The summed E-state index contributed by atoms with van der Waals surface area (Å²) in [4.78, 5) is 35.1. The number of aromatic nitrogens is 2. The number of imide groups is 1. The highest BCUT2D eigenvalue weighted by molar-refractivity contribution is 8.00. The van der Waals surface area contributed by atoms with E-state index in [-0.39, 0.29) is 0 Å². The Labute approximate surface area is 159 Å². The Morgan fingerprint density at radius 3 is 2.58 bits per heavy atom. The van der Waals surface area contributed by atoms with Crippen molar-refractivity contribution in [1.82, 2.24) is 20.6 Å². The topological polar surface area (TPSA) is 84.0 Å². The van der Waals surface area contributed by atoms with Crippen molar-refractivity contribution >= 4 is 45.3 Å². The summed E-state index contributed by atoms with van der Waals surface area (Å²) >= 11 is 2.93. The fourth-order valence-electron chi connectivity index (χ4n) is 2.49. The molecule has 1 unspecified atom stereocenters. The number of carbonyl (C=O) groups excluding carboxylic acids is 2. The number of benzene rings is 1. The Morgan fingerprint density at radius 1 is 1.15 bits per heavy atom. The summed E-state index contributed by atoms with van der Waals surface area (Å²) in [5.41, 5.74) is 1.92. The Balaban J connectivity index is 2.01. The van der Waals surface area contributed by atoms with Crippen molar-refractivity contribution in [3.63, 3.8) is 0 Å². The molecule has 8 heteroatoms. The number of thiophene rings is 1. The van der Waals surface area contributed by atoms with Crippen LogP contribution in [0.1, 0.15) is 21.3 Å². The van der Waals surface area contributed by atoms with Crippen molar-refractivity contribution in [2.24, 2.45) is 0 Å². The third-order valence-electron chi connectivity index (χ3n) is 3.96. The third-order valence-corrected chi connectivity index (χ3v) is 6.33. The summed E-state index contributed by atoms with van der Waals surface area (Å²) in [7, 11) is 1.47. The molecule has 3 aromatic rings. The van der Waals surface area contributed by atoms with E-state index in [9.17, 15) is 9.59 Å². The summed E-state index contributed by atoms with van der Waals surface area (Å²) < 4.78 is 0. The molecule has 1 atom stereocenters. The van der Waals surface area contributed by atoms with E-state index in [1.807, 2.05) is 44.2 Å². The van der Waals surface area contributed by atoms with E-state index in [0.29, 0.717) is 0 Å². The van der Waals surface area contributed by atoms with Crippen LogP contribution in [0.25, 0.3) is 10.2 Å². The average molecular weight is 387 g/mol. The van der Waals surface area contributed by atoms with Gasteiger partial charge in [0.05, 0.1) is 0 Å². The molecule has 2 N–H and O–H groups in total. The van der Waals surface area contributed by atoms with E-state index in [1.54, 1.807) is 11.3 Å². The number of aryl methyl sites for hydroxylation is 2. The number of thioether (sulfide) groups is 1. The molecule has 0 bridgehead atoms. The van der Waals surface area contributed by atoms with Gasteiger partial charge in [-0.3, -0.25) is 10.1 Å². The van der Waals surface area contributed by atoms with Crippen LogP contribution in [0, 0.1) is 13.8 Å². The molecule has 0 aliphatic carbocycles. The first kappa shape index (κ1) is 18.3. The van der Waals surface area contributed by atoms with Gasteiger partial charge in [0.2, 0.25) is 5.91 Å². The normalized spacial score (nSPS) is 12.0. The first-order valence-electron chi connectivity index (χ1n) is 7.96. The van der Waals surface area contributed by atoms with Crippen LogP contribution in [0.4, 0.5) is 4.79 Å². The second kappa shape index (κ2) is 7.84. The van der Waals surface area contributed by atoms with Crippen LogP contribution in [0.5, 0.6) is 0 Å². The van der Waals surface area contributed by atoms with Crippen molar-refractivity contribution in [3.05, 3.63) is 52.7 Å². The van der Waals surface area contributed by atoms with Crippen molar-refractivity contribution in [3.8, 4) is 0 Å². The number of urea groups is 1. The first-order valence-corrected chi connectivity index (χ1v) is 9.65. The highest BCUT2D eigenvalue weighted by Crippen LogP contribution is 2.40. The van der Waals surface area contributed by atoms with Crippen molar-refractivity contribution in [2.45, 2.75) is 24.1 Å². The zero-order valence-electron chi connectivity index (χ0n) is 14.6. The molecule has 1 aromatic carbocycles. The molecule has 0 saturated carbocycles. The van der Waals surface area contributed by atoms with E-state index in [2.05, 4.69) is 20.6 Å². The Bertz CT molecular complexity index is 956. The monoisotopic (exact) mass is 386 g/mol. The summed E-state index contributed by atoms with van der Waals surface area (Å²) in [6, 6.07) is 8.82. The van der Waals surface area contributed by atoms with Gasteiger partial charge in [-0.2, -0.15) is 0 Å². The molecule has 0 saturated heterocycles. The third kappa shape index (κ3) is 3.71. The molecule has 2 aromatic heterocycles. The van der Waals surface area contributed by atoms with Crippen molar-refractivity contribution in [2.75, 3.05) is 7.05 Å². The van der Waals surface area contributed by atoms with Gasteiger partial charge in [0.25, 0.3) is 0 Å². The molecular weight excluding hydrogens is 368 g/mol. The van der Waals surface area contributed by atoms with Crippen molar-refractivity contribution in [1.29, 1.82) is 0 Å². The number of nitrogens with one attached hydrogen (secondary N) is 2. The zero-order valence-corrected chi connectivity index (χ0v) is 16.2. The maximum atomic E-state index is 12.7. The van der Waals surface area contributed by atoms with Crippen LogP contribution in [0.15, 0.2) is 41.7 Å². The number of carbonyl (C=O) groups is 2. The van der Waals surface area contributed by atoms with Crippen LogP contribution in [0.2, 0.25) is 0 Å². The number of hydrogen-bond donors (Lipinski definition) is 2. The van der Waals surface area contributed by atoms with Gasteiger partial charge in [0, 0.05) is 17.3 Å². The quantitative estimate of drug-likeness (QED) is 0.529. The van der Waals surface area contributed by atoms with E-state index in [4.69, 9.17) is 0 Å². The Hall–Kier alpha value is -2.45. The van der Waals surface area contributed by atoms with E-state index < -0.39 is 17.2 Å². The lowest BCUT2D eigenvalue weighted by Gasteiger charge is -2.16. The number of hydrogen-bond acceptors (Lipinski definition) is 6. The molecular formula is C18H18N4O2S2. The second-order valence-corrected chi connectivity index (χ2v) is 7.92. The minimum absolute atomic E-state index is 0.392. The molecule has 134 valence electrons. The van der Waals surface area contributed by atoms with E-state index in [0.717, 1.165) is 26.4 Å². The fourth-order valence-corrected chi connectivity index (χ4v) is 4.71. The van der Waals surface area contributed by atoms with Crippen molar-refractivity contribution < 1.29 is 9.59 Å². The molecule has 3 rings (SSSR count). The number of rotatable bonds is 4. The maximum Gasteiger partial charge on any atom is 0.321 e. The lowest BCUT2D eigenvalue weighted by Crippen LogP contribution is -2.39. The smallest absolute Gasteiger partial charge is 0.321 e. The van der Waals surface area contributed by atoms with Crippen LogP contribution in [0.3, 0.4) is 0 Å². The molecule has 0 fully saturated rings. The molecule has 6 nitrogen and oxygen atoms in total. The Morgan fingerprint density at radius 2 is 1.88 bits per heavy atom. The SMILES string of the molecule is CNC(=O)NC(=O)C(Sc1ncnc2sc(C)c(C)c12)c1ccccc1. The van der Waals surface area contributed by atoms with Gasteiger partial charge in [-0.15, -0.1) is 11.3 Å². The molecule has 2 heterocycles. The summed E-state index contributed by atoms with van der Waals surface area (Å²) in [5.74, 6) is -0.392. The van der Waals surface area contributed by atoms with Gasteiger partial charge >= 0.3 is 6.03 Å². The minimum Gasteiger partial charge on any atom is -0.341 e. The van der Waals surface area contributed by atoms with Gasteiger partial charge in [0.15, 0.2) is 0 Å². The highest BCUT2D eigenvalue weighted by Gasteiger charge is 2.26. The van der Waals surface area contributed by atoms with Crippen LogP contribution in [-0.4, -0.2) is 29.0 Å². The fraction of sp³-hybridized carbons (Fsp3) is 0.222. The molecule has 0 spiro atoms. The van der Waals surface area contributed by atoms with E-state index >= 15 is 0 Å². The predicted molar refractivity (Wildman–Crippen MR) is 105 cm³/mol. The number of nitrogens with zero attached hydrogens (tertiary/aromatic N) is 2. The maximum absolute atomic E-state index is 12.7. The van der Waals surface area contributed by atoms with E-state index in [1.165, 1.54) is 30.0 Å². The van der Waals surface area contributed by atoms with Gasteiger partial charge in [0.1, 0.15) is 21.4 Å².